The van der Waals surface area contributed by atoms with Gasteiger partial charge in [0.15, 0.2) is 0 Å². The highest BCUT2D eigenvalue weighted by atomic mass is 16.5. The minimum Gasteiger partial charge on any atom is -0.375 e. The van der Waals surface area contributed by atoms with Gasteiger partial charge in [0, 0.05) is 19.1 Å². The zero-order valence-electron chi connectivity index (χ0n) is 10.5. The molecule has 2 saturated heterocycles. The Morgan fingerprint density at radius 1 is 1.28 bits per heavy atom. The molecule has 0 radical (unpaired) electrons. The quantitative estimate of drug-likeness (QED) is 0.702. The van der Waals surface area contributed by atoms with Gasteiger partial charge < -0.3 is 10.1 Å². The number of ether oxygens (including phenoxy) is 1. The maximum absolute atomic E-state index is 11.7. The van der Waals surface area contributed by atoms with Gasteiger partial charge in [-0.15, -0.1) is 0 Å². The van der Waals surface area contributed by atoms with E-state index in [1.54, 1.807) is 0 Å². The van der Waals surface area contributed by atoms with Gasteiger partial charge in [-0.05, 0) is 38.5 Å². The van der Waals surface area contributed by atoms with Crippen molar-refractivity contribution in [1.29, 1.82) is 0 Å². The molecule has 0 aromatic carbocycles. The normalized spacial score (nSPS) is 35.1. The Morgan fingerprint density at radius 3 is 2.78 bits per heavy atom. The average Bonchev–Trinajstić information content (AvgIpc) is 2.31. The van der Waals surface area contributed by atoms with E-state index >= 15 is 0 Å². The molecule has 5 nitrogen and oxygen atoms in total. The molecule has 2 heterocycles. The molecule has 1 spiro atoms. The van der Waals surface area contributed by atoms with E-state index in [0.29, 0.717) is 18.9 Å². The van der Waals surface area contributed by atoms with Crippen molar-refractivity contribution >= 4 is 11.8 Å². The summed E-state index contributed by atoms with van der Waals surface area (Å²) in [4.78, 5) is 22.8. The molecule has 1 saturated carbocycles. The molecule has 2 aliphatic heterocycles. The molecule has 5 heteroatoms. The molecule has 3 rings (SSSR count). The van der Waals surface area contributed by atoms with Gasteiger partial charge in [0.25, 0.3) is 0 Å². The number of piperidine rings is 1. The Labute approximate surface area is 107 Å². The Balaban J connectivity index is 1.56. The SMILES string of the molecule is O=C1CCC(NC2CCOC3(CCC3)C2)C(=O)N1. The number of hydrogen-bond donors (Lipinski definition) is 2. The van der Waals surface area contributed by atoms with Crippen LogP contribution in [0.3, 0.4) is 0 Å². The summed E-state index contributed by atoms with van der Waals surface area (Å²) >= 11 is 0. The van der Waals surface area contributed by atoms with Crippen molar-refractivity contribution in [2.75, 3.05) is 6.61 Å². The molecule has 2 N–H and O–H groups in total. The molecule has 0 aromatic heterocycles. The second-order valence-corrected chi connectivity index (χ2v) is 5.75. The van der Waals surface area contributed by atoms with Gasteiger partial charge in [0.2, 0.25) is 11.8 Å². The van der Waals surface area contributed by atoms with E-state index in [4.69, 9.17) is 4.74 Å². The summed E-state index contributed by atoms with van der Waals surface area (Å²) in [5.74, 6) is -0.319. The predicted molar refractivity (Wildman–Crippen MR) is 64.9 cm³/mol. The fraction of sp³-hybridized carbons (Fsp3) is 0.846. The highest BCUT2D eigenvalue weighted by Gasteiger charge is 2.43. The number of amides is 2. The smallest absolute Gasteiger partial charge is 0.243 e. The number of nitrogens with one attached hydrogen (secondary N) is 2. The summed E-state index contributed by atoms with van der Waals surface area (Å²) in [6.45, 7) is 0.783. The molecule has 100 valence electrons. The summed E-state index contributed by atoms with van der Waals surface area (Å²) in [5, 5.41) is 5.80. The molecule has 2 unspecified atom stereocenters. The topological polar surface area (TPSA) is 67.4 Å². The van der Waals surface area contributed by atoms with Gasteiger partial charge in [0.05, 0.1) is 11.6 Å². The second kappa shape index (κ2) is 4.63. The zero-order chi connectivity index (χ0) is 12.6. The average molecular weight is 252 g/mol. The Kier molecular flexibility index (Phi) is 3.11. The summed E-state index contributed by atoms with van der Waals surface area (Å²) in [5.41, 5.74) is 0.0941. The van der Waals surface area contributed by atoms with Gasteiger partial charge in [-0.1, -0.05) is 0 Å². The van der Waals surface area contributed by atoms with Crippen molar-refractivity contribution in [1.82, 2.24) is 10.6 Å². The third kappa shape index (κ3) is 2.29. The van der Waals surface area contributed by atoms with Gasteiger partial charge in [-0.2, -0.15) is 0 Å². The van der Waals surface area contributed by atoms with Crippen LogP contribution in [0.4, 0.5) is 0 Å². The van der Waals surface area contributed by atoms with Gasteiger partial charge in [-0.3, -0.25) is 14.9 Å². The fourth-order valence-corrected chi connectivity index (χ4v) is 3.23. The van der Waals surface area contributed by atoms with E-state index in [1.165, 1.54) is 6.42 Å². The van der Waals surface area contributed by atoms with Crippen molar-refractivity contribution in [2.45, 2.75) is 62.6 Å². The van der Waals surface area contributed by atoms with Gasteiger partial charge in [-0.25, -0.2) is 0 Å². The highest BCUT2D eigenvalue weighted by molar-refractivity contribution is 6.00. The van der Waals surface area contributed by atoms with Crippen LogP contribution in [0.15, 0.2) is 0 Å². The molecule has 2 atom stereocenters. The van der Waals surface area contributed by atoms with Gasteiger partial charge in [0.1, 0.15) is 0 Å². The summed E-state index contributed by atoms with van der Waals surface area (Å²) in [7, 11) is 0. The lowest BCUT2D eigenvalue weighted by atomic mass is 9.74. The largest absolute Gasteiger partial charge is 0.375 e. The van der Waals surface area contributed by atoms with E-state index < -0.39 is 0 Å². The van der Waals surface area contributed by atoms with Gasteiger partial charge >= 0.3 is 0 Å². The van der Waals surface area contributed by atoms with Crippen molar-refractivity contribution < 1.29 is 14.3 Å². The molecule has 3 fully saturated rings. The van der Waals surface area contributed by atoms with Crippen LogP contribution in [0, 0.1) is 0 Å². The minimum absolute atomic E-state index is 0.0941. The Hall–Kier alpha value is -0.940. The lowest BCUT2D eigenvalue weighted by Gasteiger charge is -2.48. The van der Waals surface area contributed by atoms with Crippen LogP contribution in [0.1, 0.15) is 44.9 Å². The Morgan fingerprint density at radius 2 is 2.11 bits per heavy atom. The molecule has 0 bridgehead atoms. The lowest BCUT2D eigenvalue weighted by molar-refractivity contribution is -0.142. The molecule has 1 aliphatic carbocycles. The maximum atomic E-state index is 11.7. The van der Waals surface area contributed by atoms with E-state index in [0.717, 1.165) is 32.3 Å². The standard InChI is InChI=1S/C13H20N2O3/c16-11-3-2-10(12(17)15-11)14-9-4-7-18-13(8-9)5-1-6-13/h9-10,14H,1-8H2,(H,15,16,17). The van der Waals surface area contributed by atoms with Crippen LogP contribution >= 0.6 is 0 Å². The number of hydrogen-bond acceptors (Lipinski definition) is 4. The first-order valence-corrected chi connectivity index (χ1v) is 6.91. The first-order chi connectivity index (χ1) is 8.67. The number of rotatable bonds is 2. The van der Waals surface area contributed by atoms with Crippen LogP contribution in [-0.2, 0) is 14.3 Å². The van der Waals surface area contributed by atoms with Crippen molar-refractivity contribution in [2.24, 2.45) is 0 Å². The highest BCUT2D eigenvalue weighted by Crippen LogP contribution is 2.42. The van der Waals surface area contributed by atoms with Crippen LogP contribution in [-0.4, -0.2) is 36.1 Å². The van der Waals surface area contributed by atoms with E-state index in [9.17, 15) is 9.59 Å². The van der Waals surface area contributed by atoms with Crippen molar-refractivity contribution in [3.63, 3.8) is 0 Å². The molecule has 0 aromatic rings. The van der Waals surface area contributed by atoms with E-state index in [-0.39, 0.29) is 23.5 Å². The van der Waals surface area contributed by atoms with E-state index in [2.05, 4.69) is 10.6 Å². The molecule has 18 heavy (non-hydrogen) atoms. The first kappa shape index (κ1) is 12.1. The van der Waals surface area contributed by atoms with Crippen LogP contribution in [0.25, 0.3) is 0 Å². The molecular formula is C13H20N2O3. The predicted octanol–water partition coefficient (Wildman–Crippen LogP) is 0.483. The third-order valence-corrected chi connectivity index (χ3v) is 4.43. The summed E-state index contributed by atoms with van der Waals surface area (Å²) in [6.07, 6.45) is 6.59. The summed E-state index contributed by atoms with van der Waals surface area (Å²) in [6, 6.07) is 0.144. The van der Waals surface area contributed by atoms with Crippen molar-refractivity contribution in [3.05, 3.63) is 0 Å². The number of carbonyl (C=O) groups is 2. The second-order valence-electron chi connectivity index (χ2n) is 5.75. The minimum atomic E-state index is -0.206. The zero-order valence-corrected chi connectivity index (χ0v) is 10.5. The first-order valence-electron chi connectivity index (χ1n) is 6.91. The fourth-order valence-electron chi connectivity index (χ4n) is 3.23. The molecule has 3 aliphatic rings. The van der Waals surface area contributed by atoms with Crippen LogP contribution in [0.5, 0.6) is 0 Å². The van der Waals surface area contributed by atoms with Crippen molar-refractivity contribution in [3.8, 4) is 0 Å². The van der Waals surface area contributed by atoms with Crippen LogP contribution < -0.4 is 10.6 Å². The summed E-state index contributed by atoms with van der Waals surface area (Å²) < 4.78 is 5.87. The van der Waals surface area contributed by atoms with E-state index in [1.807, 2.05) is 0 Å². The Bertz CT molecular complexity index is 365. The van der Waals surface area contributed by atoms with Crippen LogP contribution in [0.2, 0.25) is 0 Å². The number of carbonyl (C=O) groups excluding carboxylic acids is 2. The number of imide groups is 1. The third-order valence-electron chi connectivity index (χ3n) is 4.43. The molecule has 2 amide bonds. The maximum Gasteiger partial charge on any atom is 0.243 e. The lowest BCUT2D eigenvalue weighted by Crippen LogP contribution is -2.57. The molecular weight excluding hydrogens is 232 g/mol. The monoisotopic (exact) mass is 252 g/mol.